The van der Waals surface area contributed by atoms with Crippen LogP contribution in [-0.2, 0) is 14.4 Å². The summed E-state index contributed by atoms with van der Waals surface area (Å²) in [5.41, 5.74) is 8.16. The number of nitrogens with two attached hydrogens (primary N) is 1. The van der Waals surface area contributed by atoms with E-state index in [1.54, 1.807) is 48.5 Å². The van der Waals surface area contributed by atoms with Crippen molar-refractivity contribution in [3.05, 3.63) is 114 Å². The van der Waals surface area contributed by atoms with Gasteiger partial charge in [-0.3, -0.25) is 19.8 Å². The fourth-order valence-corrected chi connectivity index (χ4v) is 4.02. The lowest BCUT2D eigenvalue weighted by atomic mass is 9.95. The number of anilines is 1. The van der Waals surface area contributed by atoms with E-state index in [0.717, 1.165) is 16.3 Å². The lowest BCUT2D eigenvalue weighted by molar-refractivity contribution is -0.129. The van der Waals surface area contributed by atoms with E-state index in [1.165, 1.54) is 0 Å². The number of benzene rings is 4. The highest BCUT2D eigenvalue weighted by atomic mass is 16.3. The first-order chi connectivity index (χ1) is 17.8. The van der Waals surface area contributed by atoms with Crippen LogP contribution in [0.5, 0.6) is 0 Å². The largest absolute Gasteiger partial charge is 0.483 e. The first-order valence-electron chi connectivity index (χ1n) is 11.5. The molecule has 8 nitrogen and oxygen atoms in total. The fourth-order valence-electron chi connectivity index (χ4n) is 4.02. The highest BCUT2D eigenvalue weighted by molar-refractivity contribution is 6.11. The maximum absolute atomic E-state index is 13.4. The average Bonchev–Trinajstić information content (AvgIpc) is 2.90. The standard InChI is InChI=1S/C28H26N4O2.CH2O2/c1-18(23-13-7-11-19-8-5-6-12-24(19)23)31-27(33)25(20-9-3-2-4-10-20)28(34)32-22-16-14-21(15-17-22)26(29)30;2-1-3/h2-18,25H,1H3,(H3,29,30)(H,31,33)(H,32,34);1H,(H,2,3)/t18-,25?;/m1./s1. The zero-order valence-electron chi connectivity index (χ0n) is 20.2. The molecule has 1 unspecified atom stereocenters. The van der Waals surface area contributed by atoms with Gasteiger partial charge in [0.1, 0.15) is 11.8 Å². The Bertz CT molecular complexity index is 1380. The second-order valence-corrected chi connectivity index (χ2v) is 8.23. The Labute approximate surface area is 214 Å². The van der Waals surface area contributed by atoms with Gasteiger partial charge in [-0.25, -0.2) is 0 Å². The molecule has 37 heavy (non-hydrogen) atoms. The van der Waals surface area contributed by atoms with Crippen molar-refractivity contribution in [1.29, 1.82) is 5.41 Å². The molecule has 188 valence electrons. The first-order valence-corrected chi connectivity index (χ1v) is 11.5. The van der Waals surface area contributed by atoms with Gasteiger partial charge in [-0.2, -0.15) is 0 Å². The van der Waals surface area contributed by atoms with Crippen molar-refractivity contribution in [2.45, 2.75) is 18.9 Å². The predicted molar refractivity (Wildman–Crippen MR) is 144 cm³/mol. The molecule has 0 saturated heterocycles. The Morgan fingerprint density at radius 1 is 0.865 bits per heavy atom. The van der Waals surface area contributed by atoms with Gasteiger partial charge >= 0.3 is 0 Å². The molecule has 4 aromatic rings. The van der Waals surface area contributed by atoms with E-state index in [9.17, 15) is 9.59 Å². The highest BCUT2D eigenvalue weighted by Gasteiger charge is 2.30. The van der Waals surface area contributed by atoms with Crippen molar-refractivity contribution in [3.8, 4) is 0 Å². The molecular formula is C29H28N4O4. The van der Waals surface area contributed by atoms with Crippen molar-refractivity contribution in [2.75, 3.05) is 5.32 Å². The third-order valence-corrected chi connectivity index (χ3v) is 5.77. The molecule has 0 aliphatic rings. The average molecular weight is 497 g/mol. The number of amides is 2. The number of carboxylic acid groups (broad SMARTS) is 1. The van der Waals surface area contributed by atoms with Crippen LogP contribution in [0.2, 0.25) is 0 Å². The highest BCUT2D eigenvalue weighted by Crippen LogP contribution is 2.26. The van der Waals surface area contributed by atoms with E-state index < -0.39 is 11.8 Å². The number of nitrogen functional groups attached to an aromatic ring is 1. The molecule has 0 saturated carbocycles. The summed E-state index contributed by atoms with van der Waals surface area (Å²) in [6.45, 7) is 1.67. The Morgan fingerprint density at radius 2 is 1.46 bits per heavy atom. The van der Waals surface area contributed by atoms with Crippen molar-refractivity contribution < 1.29 is 19.5 Å². The van der Waals surface area contributed by atoms with Crippen LogP contribution in [0.3, 0.4) is 0 Å². The smallest absolute Gasteiger partial charge is 0.290 e. The van der Waals surface area contributed by atoms with Gasteiger partial charge in [0.25, 0.3) is 6.47 Å². The van der Waals surface area contributed by atoms with Crippen molar-refractivity contribution in [2.24, 2.45) is 5.73 Å². The van der Waals surface area contributed by atoms with E-state index in [2.05, 4.69) is 10.6 Å². The Balaban J connectivity index is 0.00000121. The van der Waals surface area contributed by atoms with Gasteiger partial charge < -0.3 is 21.5 Å². The number of rotatable bonds is 7. The Morgan fingerprint density at radius 3 is 2.11 bits per heavy atom. The molecule has 2 amide bonds. The molecule has 4 rings (SSSR count). The molecule has 4 aromatic carbocycles. The molecule has 6 N–H and O–H groups in total. The fraction of sp³-hybridized carbons (Fsp3) is 0.103. The van der Waals surface area contributed by atoms with Crippen LogP contribution in [0, 0.1) is 5.41 Å². The van der Waals surface area contributed by atoms with Gasteiger partial charge in [0.2, 0.25) is 11.8 Å². The number of nitrogens with one attached hydrogen (secondary N) is 3. The minimum absolute atomic E-state index is 0.0539. The molecule has 0 aromatic heterocycles. The molecule has 0 aliphatic carbocycles. The maximum Gasteiger partial charge on any atom is 0.290 e. The van der Waals surface area contributed by atoms with Crippen LogP contribution in [0.15, 0.2) is 97.1 Å². The van der Waals surface area contributed by atoms with E-state index >= 15 is 0 Å². The number of hydrogen-bond donors (Lipinski definition) is 5. The molecule has 0 aliphatic heterocycles. The van der Waals surface area contributed by atoms with Crippen molar-refractivity contribution in [1.82, 2.24) is 5.32 Å². The van der Waals surface area contributed by atoms with Crippen LogP contribution in [0.1, 0.15) is 35.6 Å². The van der Waals surface area contributed by atoms with Gasteiger partial charge in [-0.05, 0) is 53.1 Å². The quantitative estimate of drug-likeness (QED) is 0.111. The molecule has 0 bridgehead atoms. The van der Waals surface area contributed by atoms with Crippen LogP contribution in [0.25, 0.3) is 10.8 Å². The van der Waals surface area contributed by atoms with Crippen molar-refractivity contribution in [3.63, 3.8) is 0 Å². The van der Waals surface area contributed by atoms with Gasteiger partial charge in [-0.15, -0.1) is 0 Å². The Kier molecular flexibility index (Phi) is 9.10. The second-order valence-electron chi connectivity index (χ2n) is 8.23. The summed E-state index contributed by atoms with van der Waals surface area (Å²) in [5, 5.41) is 22.4. The van der Waals surface area contributed by atoms with E-state index in [1.807, 2.05) is 55.5 Å². The minimum atomic E-state index is -1.04. The van der Waals surface area contributed by atoms with Gasteiger partial charge in [0.15, 0.2) is 0 Å². The molecule has 0 fully saturated rings. The monoisotopic (exact) mass is 496 g/mol. The first kappa shape index (κ1) is 26.6. The van der Waals surface area contributed by atoms with Crippen LogP contribution in [-0.4, -0.2) is 29.2 Å². The normalized spacial score (nSPS) is 11.8. The van der Waals surface area contributed by atoms with Crippen LogP contribution < -0.4 is 16.4 Å². The molecule has 0 heterocycles. The zero-order chi connectivity index (χ0) is 26.8. The second kappa shape index (κ2) is 12.6. The zero-order valence-corrected chi connectivity index (χ0v) is 20.2. The van der Waals surface area contributed by atoms with Gasteiger partial charge in [0.05, 0.1) is 6.04 Å². The number of hydrogen-bond acceptors (Lipinski definition) is 4. The molecule has 0 spiro atoms. The molecule has 2 atom stereocenters. The molecule has 0 radical (unpaired) electrons. The van der Waals surface area contributed by atoms with E-state index in [-0.39, 0.29) is 24.3 Å². The topological polar surface area (TPSA) is 145 Å². The van der Waals surface area contributed by atoms with Crippen LogP contribution >= 0.6 is 0 Å². The number of amidine groups is 1. The predicted octanol–water partition coefficient (Wildman–Crippen LogP) is 4.42. The number of fused-ring (bicyclic) bond motifs is 1. The SMILES string of the molecule is C[C@@H](NC(=O)C(C(=O)Nc1ccc(C(=N)N)cc1)c1ccccc1)c1cccc2ccccc12.O=CO. The Hall–Kier alpha value is -4.98. The minimum Gasteiger partial charge on any atom is -0.483 e. The maximum atomic E-state index is 13.4. The summed E-state index contributed by atoms with van der Waals surface area (Å²) < 4.78 is 0. The van der Waals surface area contributed by atoms with Gasteiger partial charge in [-0.1, -0.05) is 72.8 Å². The summed E-state index contributed by atoms with van der Waals surface area (Å²) in [6, 6.07) is 29.3. The molecular weight excluding hydrogens is 468 g/mol. The summed E-state index contributed by atoms with van der Waals surface area (Å²) >= 11 is 0. The molecule has 8 heteroatoms. The van der Waals surface area contributed by atoms with Gasteiger partial charge in [0, 0.05) is 11.3 Å². The summed E-state index contributed by atoms with van der Waals surface area (Å²) in [7, 11) is 0. The van der Waals surface area contributed by atoms with E-state index in [0.29, 0.717) is 16.8 Å². The lowest BCUT2D eigenvalue weighted by Gasteiger charge is -2.22. The van der Waals surface area contributed by atoms with Crippen molar-refractivity contribution >= 4 is 40.6 Å². The number of carbonyl (C=O) groups is 3. The third kappa shape index (κ3) is 6.79. The summed E-state index contributed by atoms with van der Waals surface area (Å²) in [5.74, 6) is -1.91. The van der Waals surface area contributed by atoms with E-state index in [4.69, 9.17) is 21.0 Å². The third-order valence-electron chi connectivity index (χ3n) is 5.77. The van der Waals surface area contributed by atoms with Crippen LogP contribution in [0.4, 0.5) is 5.69 Å². The summed E-state index contributed by atoms with van der Waals surface area (Å²) in [6.07, 6.45) is 0. The number of carbonyl (C=O) groups excluding carboxylic acids is 2. The lowest BCUT2D eigenvalue weighted by Crippen LogP contribution is -2.37. The summed E-state index contributed by atoms with van der Waals surface area (Å²) in [4.78, 5) is 35.0.